The number of aromatic nitrogens is 1. The topological polar surface area (TPSA) is 48.4 Å². The van der Waals surface area contributed by atoms with Crippen molar-refractivity contribution in [1.82, 2.24) is 4.98 Å². The number of ether oxygens (including phenoxy) is 1. The third kappa shape index (κ3) is 6.31. The molecule has 0 aromatic carbocycles. The molecular formula is C17H28ClNO3SSi. The van der Waals surface area contributed by atoms with E-state index in [1.807, 2.05) is 12.3 Å². The zero-order valence-electron chi connectivity index (χ0n) is 15.6. The third-order valence-electron chi connectivity index (χ3n) is 4.13. The molecule has 1 rings (SSSR count). The molecule has 0 amide bonds. The first-order chi connectivity index (χ1) is 11.0. The molecule has 1 atom stereocenters. The Bertz CT molecular complexity index is 593. The van der Waals surface area contributed by atoms with E-state index in [4.69, 9.17) is 20.8 Å². The van der Waals surface area contributed by atoms with Crippen LogP contribution in [0, 0.1) is 6.92 Å². The number of hydrogen-bond donors (Lipinski definition) is 0. The van der Waals surface area contributed by atoms with Crippen LogP contribution in [0.25, 0.3) is 6.08 Å². The molecule has 0 saturated carbocycles. The lowest BCUT2D eigenvalue weighted by Crippen LogP contribution is -2.44. The van der Waals surface area contributed by atoms with Gasteiger partial charge in [-0.25, -0.2) is 4.98 Å². The summed E-state index contributed by atoms with van der Waals surface area (Å²) in [5, 5.41) is 3.41. The lowest BCUT2D eigenvalue weighted by atomic mass is 10.2. The maximum absolute atomic E-state index is 12.0. The Balaban J connectivity index is 3.04. The smallest absolute Gasteiger partial charge is 0.308 e. The summed E-state index contributed by atoms with van der Waals surface area (Å²) in [6.07, 6.45) is 1.38. The number of esters is 1. The van der Waals surface area contributed by atoms with Crippen LogP contribution in [-0.2, 0) is 14.0 Å². The van der Waals surface area contributed by atoms with Crippen molar-refractivity contribution in [2.24, 2.45) is 0 Å². The highest BCUT2D eigenvalue weighted by Crippen LogP contribution is 2.39. The minimum Gasteiger partial charge on any atom is -0.466 e. The van der Waals surface area contributed by atoms with Crippen LogP contribution in [0.3, 0.4) is 0 Å². The number of nitrogens with zero attached hydrogens (tertiary/aromatic N) is 1. The van der Waals surface area contributed by atoms with Gasteiger partial charge in [0.05, 0.1) is 29.8 Å². The number of aryl methyl sites for hydroxylation is 1. The highest BCUT2D eigenvalue weighted by molar-refractivity contribution is 7.09. The van der Waals surface area contributed by atoms with Crippen LogP contribution in [0.15, 0.2) is 10.4 Å². The molecule has 0 aliphatic rings. The van der Waals surface area contributed by atoms with E-state index in [9.17, 15) is 4.79 Å². The Morgan fingerprint density at radius 2 is 2.08 bits per heavy atom. The molecule has 7 heteroatoms. The van der Waals surface area contributed by atoms with Gasteiger partial charge < -0.3 is 9.16 Å². The van der Waals surface area contributed by atoms with Crippen molar-refractivity contribution >= 4 is 43.3 Å². The Morgan fingerprint density at radius 1 is 1.46 bits per heavy atom. The zero-order chi connectivity index (χ0) is 18.5. The molecular weight excluding hydrogens is 362 g/mol. The summed E-state index contributed by atoms with van der Waals surface area (Å²) in [6.45, 7) is 14.8. The van der Waals surface area contributed by atoms with Crippen LogP contribution >= 0.6 is 22.9 Å². The van der Waals surface area contributed by atoms with Crippen LogP contribution in [0.2, 0.25) is 18.1 Å². The van der Waals surface area contributed by atoms with E-state index in [0.717, 1.165) is 10.7 Å². The third-order valence-corrected chi connectivity index (χ3v) is 9.76. The van der Waals surface area contributed by atoms with Crippen LogP contribution in [-0.4, -0.2) is 32.0 Å². The van der Waals surface area contributed by atoms with Gasteiger partial charge in [0, 0.05) is 10.4 Å². The van der Waals surface area contributed by atoms with E-state index in [1.165, 1.54) is 0 Å². The predicted molar refractivity (Wildman–Crippen MR) is 104 cm³/mol. The minimum absolute atomic E-state index is 0.0221. The molecule has 24 heavy (non-hydrogen) atoms. The number of carbonyl (C=O) groups excluding carboxylic acids is 1. The van der Waals surface area contributed by atoms with Gasteiger partial charge in [0.2, 0.25) is 0 Å². The first-order valence-corrected chi connectivity index (χ1v) is 12.3. The monoisotopic (exact) mass is 389 g/mol. The molecule has 0 unspecified atom stereocenters. The fraction of sp³-hybridized carbons (Fsp3) is 0.647. The van der Waals surface area contributed by atoms with E-state index in [-0.39, 0.29) is 17.4 Å². The normalized spacial score (nSPS) is 14.6. The molecule has 1 aromatic rings. The van der Waals surface area contributed by atoms with Crippen molar-refractivity contribution in [3.63, 3.8) is 0 Å². The second-order valence-corrected chi connectivity index (χ2v) is 13.5. The van der Waals surface area contributed by atoms with Gasteiger partial charge in [0.15, 0.2) is 8.32 Å². The predicted octanol–water partition coefficient (Wildman–Crippen LogP) is 5.37. The molecule has 136 valence electrons. The Kier molecular flexibility index (Phi) is 7.65. The molecule has 4 nitrogen and oxygen atoms in total. The van der Waals surface area contributed by atoms with Crippen molar-refractivity contribution < 1.29 is 14.0 Å². The molecule has 0 spiro atoms. The minimum atomic E-state index is -2.08. The fourth-order valence-corrected chi connectivity index (χ4v) is 3.93. The molecule has 1 heterocycles. The van der Waals surface area contributed by atoms with Gasteiger partial charge in [-0.3, -0.25) is 4.79 Å². The lowest BCUT2D eigenvalue weighted by molar-refractivity contribution is -0.144. The van der Waals surface area contributed by atoms with Crippen molar-refractivity contribution in [3.05, 3.63) is 21.1 Å². The molecule has 0 aliphatic heterocycles. The van der Waals surface area contributed by atoms with Gasteiger partial charge in [0.1, 0.15) is 0 Å². The molecule has 1 aromatic heterocycles. The number of carbonyl (C=O) groups is 1. The maximum atomic E-state index is 12.0. The summed E-state index contributed by atoms with van der Waals surface area (Å²) in [6, 6.07) is 0. The van der Waals surface area contributed by atoms with Crippen LogP contribution in [0.1, 0.15) is 44.8 Å². The largest absolute Gasteiger partial charge is 0.466 e. The van der Waals surface area contributed by atoms with Crippen LogP contribution in [0.5, 0.6) is 0 Å². The average molecular weight is 390 g/mol. The first-order valence-electron chi connectivity index (χ1n) is 8.09. The Hall–Kier alpha value is -0.693. The molecule has 0 radical (unpaired) electrons. The number of thiazole rings is 1. The molecule has 0 fully saturated rings. The van der Waals surface area contributed by atoms with Crippen molar-refractivity contribution in [1.29, 1.82) is 0 Å². The number of hydrogen-bond acceptors (Lipinski definition) is 5. The van der Waals surface area contributed by atoms with Gasteiger partial charge in [-0.1, -0.05) is 32.4 Å². The molecule has 0 saturated heterocycles. The summed E-state index contributed by atoms with van der Waals surface area (Å²) in [4.78, 5) is 16.4. The number of rotatable bonds is 7. The van der Waals surface area contributed by atoms with E-state index >= 15 is 0 Å². The van der Waals surface area contributed by atoms with Gasteiger partial charge in [-0.05, 0) is 38.1 Å². The molecule has 0 bridgehead atoms. The van der Waals surface area contributed by atoms with E-state index in [2.05, 4.69) is 38.8 Å². The van der Waals surface area contributed by atoms with E-state index in [0.29, 0.717) is 11.6 Å². The quantitative estimate of drug-likeness (QED) is 0.464. The standard InChI is InChI=1S/C17H28ClNO3SSi/c1-8-21-16(20)10-15(22-24(6,7)17(3,4)5)14(18)9-13-11-23-12(2)19-13/h9,11,15H,8,10H2,1-7H3/t15-/m0/s1. The first kappa shape index (κ1) is 21.3. The highest BCUT2D eigenvalue weighted by Gasteiger charge is 2.40. The Morgan fingerprint density at radius 3 is 2.54 bits per heavy atom. The van der Waals surface area contributed by atoms with Crippen molar-refractivity contribution in [2.45, 2.75) is 65.3 Å². The average Bonchev–Trinajstić information content (AvgIpc) is 2.82. The lowest BCUT2D eigenvalue weighted by Gasteiger charge is -2.39. The molecule has 0 N–H and O–H groups in total. The zero-order valence-corrected chi connectivity index (χ0v) is 18.2. The second-order valence-electron chi connectivity index (χ2n) is 7.20. The van der Waals surface area contributed by atoms with Crippen LogP contribution < -0.4 is 0 Å². The summed E-state index contributed by atoms with van der Waals surface area (Å²) in [5.74, 6) is -0.304. The highest BCUT2D eigenvalue weighted by atomic mass is 35.5. The fourth-order valence-electron chi connectivity index (χ4n) is 1.78. The maximum Gasteiger partial charge on any atom is 0.308 e. The summed E-state index contributed by atoms with van der Waals surface area (Å²) in [7, 11) is -2.08. The van der Waals surface area contributed by atoms with Crippen molar-refractivity contribution in [3.8, 4) is 0 Å². The van der Waals surface area contributed by atoms with Gasteiger partial charge >= 0.3 is 5.97 Å². The SMILES string of the molecule is CCOC(=O)C[C@H](O[Si](C)(C)C(C)(C)C)C(Cl)=Cc1csc(C)n1. The van der Waals surface area contributed by atoms with Crippen molar-refractivity contribution in [2.75, 3.05) is 6.61 Å². The second kappa shape index (κ2) is 8.60. The van der Waals surface area contributed by atoms with Gasteiger partial charge in [-0.15, -0.1) is 11.3 Å². The summed E-state index contributed by atoms with van der Waals surface area (Å²) >= 11 is 8.07. The Labute approximate surface area is 155 Å². The van der Waals surface area contributed by atoms with E-state index in [1.54, 1.807) is 24.3 Å². The molecule has 0 aliphatic carbocycles. The number of halogens is 1. The summed E-state index contributed by atoms with van der Waals surface area (Å²) in [5.41, 5.74) is 0.787. The van der Waals surface area contributed by atoms with Crippen LogP contribution in [0.4, 0.5) is 0 Å². The summed E-state index contributed by atoms with van der Waals surface area (Å²) < 4.78 is 11.4. The van der Waals surface area contributed by atoms with Gasteiger partial charge in [-0.2, -0.15) is 0 Å². The van der Waals surface area contributed by atoms with Gasteiger partial charge in [0.25, 0.3) is 0 Å². The van der Waals surface area contributed by atoms with E-state index < -0.39 is 14.4 Å².